The fourth-order valence-corrected chi connectivity index (χ4v) is 2.92. The van der Waals surface area contributed by atoms with Gasteiger partial charge < -0.3 is 10.8 Å². The van der Waals surface area contributed by atoms with E-state index in [9.17, 15) is 5.11 Å². The third-order valence-electron chi connectivity index (χ3n) is 3.80. The number of nitrogens with zero attached hydrogens (tertiary/aromatic N) is 3. The molecule has 1 heterocycles. The van der Waals surface area contributed by atoms with Crippen LogP contribution in [0.4, 0.5) is 0 Å². The standard InChI is InChI=1S/C13H24N4O/c1-9(14)13(11-6-15-17(3)8-11)16(2)7-10-4-12(18)5-10/h6,8-10,12-13,18H,4-5,7,14H2,1-3H3. The minimum absolute atomic E-state index is 0.0594. The van der Waals surface area contributed by atoms with Crippen molar-refractivity contribution in [2.24, 2.45) is 18.7 Å². The molecule has 0 radical (unpaired) electrons. The average Bonchev–Trinajstić information content (AvgIpc) is 2.62. The van der Waals surface area contributed by atoms with Gasteiger partial charge in [0.05, 0.1) is 18.3 Å². The maximum absolute atomic E-state index is 9.34. The van der Waals surface area contributed by atoms with E-state index in [-0.39, 0.29) is 18.2 Å². The lowest BCUT2D eigenvalue weighted by molar-refractivity contribution is 0.0203. The Balaban J connectivity index is 2.01. The molecule has 0 spiro atoms. The van der Waals surface area contributed by atoms with Gasteiger partial charge in [0.25, 0.3) is 0 Å². The molecule has 5 heteroatoms. The average molecular weight is 252 g/mol. The molecule has 1 saturated carbocycles. The van der Waals surface area contributed by atoms with E-state index in [4.69, 9.17) is 5.73 Å². The molecule has 0 aromatic carbocycles. The van der Waals surface area contributed by atoms with Gasteiger partial charge in [0.1, 0.15) is 0 Å². The van der Waals surface area contributed by atoms with Crippen LogP contribution in [0.15, 0.2) is 12.4 Å². The molecule has 1 fully saturated rings. The van der Waals surface area contributed by atoms with Crippen LogP contribution >= 0.6 is 0 Å². The summed E-state index contributed by atoms with van der Waals surface area (Å²) < 4.78 is 1.81. The summed E-state index contributed by atoms with van der Waals surface area (Å²) >= 11 is 0. The molecule has 0 amide bonds. The van der Waals surface area contributed by atoms with Gasteiger partial charge in [-0.2, -0.15) is 5.10 Å². The zero-order chi connectivity index (χ0) is 13.3. The molecule has 2 atom stereocenters. The van der Waals surface area contributed by atoms with Gasteiger partial charge in [0.15, 0.2) is 0 Å². The van der Waals surface area contributed by atoms with Crippen molar-refractivity contribution in [3.05, 3.63) is 18.0 Å². The van der Waals surface area contributed by atoms with Gasteiger partial charge in [0.2, 0.25) is 0 Å². The summed E-state index contributed by atoms with van der Waals surface area (Å²) in [6.45, 7) is 3.02. The van der Waals surface area contributed by atoms with E-state index in [0.29, 0.717) is 5.92 Å². The van der Waals surface area contributed by atoms with Crippen molar-refractivity contribution >= 4 is 0 Å². The minimum atomic E-state index is -0.0875. The van der Waals surface area contributed by atoms with Crippen LogP contribution in [-0.2, 0) is 7.05 Å². The van der Waals surface area contributed by atoms with Crippen molar-refractivity contribution in [1.82, 2.24) is 14.7 Å². The molecule has 0 aliphatic heterocycles. The molecule has 0 saturated heterocycles. The van der Waals surface area contributed by atoms with E-state index in [2.05, 4.69) is 17.0 Å². The highest BCUT2D eigenvalue weighted by molar-refractivity contribution is 5.13. The molecular formula is C13H24N4O. The van der Waals surface area contributed by atoms with Crippen molar-refractivity contribution in [2.45, 2.75) is 38.0 Å². The van der Waals surface area contributed by atoms with Crippen LogP contribution < -0.4 is 5.73 Å². The van der Waals surface area contributed by atoms with Crippen LogP contribution in [-0.4, -0.2) is 45.5 Å². The molecule has 3 N–H and O–H groups in total. The lowest BCUT2D eigenvalue weighted by atomic mass is 9.81. The van der Waals surface area contributed by atoms with Crippen molar-refractivity contribution in [3.8, 4) is 0 Å². The molecule has 1 aliphatic rings. The Labute approximate surface area is 109 Å². The number of aliphatic hydroxyl groups is 1. The first kappa shape index (κ1) is 13.5. The summed E-state index contributed by atoms with van der Waals surface area (Å²) in [6, 6.07) is 0.251. The molecule has 18 heavy (non-hydrogen) atoms. The third kappa shape index (κ3) is 2.91. The summed E-state index contributed by atoms with van der Waals surface area (Å²) in [5, 5.41) is 13.6. The van der Waals surface area contributed by atoms with Crippen molar-refractivity contribution in [3.63, 3.8) is 0 Å². The van der Waals surface area contributed by atoms with Gasteiger partial charge in [-0.25, -0.2) is 0 Å². The topological polar surface area (TPSA) is 67.3 Å². The van der Waals surface area contributed by atoms with Crippen LogP contribution in [0.2, 0.25) is 0 Å². The zero-order valence-electron chi connectivity index (χ0n) is 11.5. The first-order valence-corrected chi connectivity index (χ1v) is 6.59. The van der Waals surface area contributed by atoms with Crippen LogP contribution in [0.25, 0.3) is 0 Å². The van der Waals surface area contributed by atoms with Gasteiger partial charge >= 0.3 is 0 Å². The van der Waals surface area contributed by atoms with E-state index in [1.54, 1.807) is 0 Å². The molecule has 5 nitrogen and oxygen atoms in total. The Morgan fingerprint density at radius 3 is 2.72 bits per heavy atom. The Bertz CT molecular complexity index is 384. The molecule has 2 rings (SSSR count). The maximum Gasteiger partial charge on any atom is 0.0546 e. The SMILES string of the molecule is CC(N)C(c1cnn(C)c1)N(C)CC1CC(O)C1. The van der Waals surface area contributed by atoms with Gasteiger partial charge in [-0.3, -0.25) is 9.58 Å². The monoisotopic (exact) mass is 252 g/mol. The lowest BCUT2D eigenvalue weighted by Crippen LogP contribution is -2.43. The summed E-state index contributed by atoms with van der Waals surface area (Å²) in [5.74, 6) is 0.600. The fourth-order valence-electron chi connectivity index (χ4n) is 2.92. The van der Waals surface area contributed by atoms with Gasteiger partial charge in [-0.1, -0.05) is 0 Å². The smallest absolute Gasteiger partial charge is 0.0546 e. The quantitative estimate of drug-likeness (QED) is 0.801. The number of aryl methyl sites for hydroxylation is 1. The number of likely N-dealkylation sites (N-methyl/N-ethyl adjacent to an activating group) is 1. The normalized spacial score (nSPS) is 27.0. The van der Waals surface area contributed by atoms with E-state index in [1.807, 2.05) is 31.0 Å². The molecule has 1 aromatic heterocycles. The van der Waals surface area contributed by atoms with Gasteiger partial charge in [-0.05, 0) is 32.7 Å². The van der Waals surface area contributed by atoms with Crippen LogP contribution in [0.5, 0.6) is 0 Å². The summed E-state index contributed by atoms with van der Waals surface area (Å²) in [6.07, 6.45) is 5.67. The number of nitrogens with two attached hydrogens (primary N) is 1. The summed E-state index contributed by atoms with van der Waals surface area (Å²) in [7, 11) is 4.02. The predicted octanol–water partition coefficient (Wildman–Crippen LogP) is 0.511. The first-order chi connectivity index (χ1) is 8.47. The van der Waals surface area contributed by atoms with Crippen LogP contribution in [0.3, 0.4) is 0 Å². The first-order valence-electron chi connectivity index (χ1n) is 6.59. The second kappa shape index (κ2) is 5.38. The lowest BCUT2D eigenvalue weighted by Gasteiger charge is -2.38. The summed E-state index contributed by atoms with van der Waals surface area (Å²) in [4.78, 5) is 2.29. The highest BCUT2D eigenvalue weighted by Gasteiger charge is 2.31. The zero-order valence-corrected chi connectivity index (χ0v) is 11.5. The number of hydrogen-bond donors (Lipinski definition) is 2. The van der Waals surface area contributed by atoms with Gasteiger partial charge in [-0.15, -0.1) is 0 Å². The molecule has 1 aliphatic carbocycles. The molecule has 0 bridgehead atoms. The van der Waals surface area contributed by atoms with E-state index in [0.717, 1.165) is 24.9 Å². The minimum Gasteiger partial charge on any atom is -0.393 e. The number of rotatable bonds is 5. The van der Waals surface area contributed by atoms with Crippen molar-refractivity contribution in [1.29, 1.82) is 0 Å². The third-order valence-corrected chi connectivity index (χ3v) is 3.80. The molecular weight excluding hydrogens is 228 g/mol. The van der Waals surface area contributed by atoms with Crippen LogP contribution in [0, 0.1) is 5.92 Å². The molecule has 102 valence electrons. The molecule has 2 unspecified atom stereocenters. The second-order valence-corrected chi connectivity index (χ2v) is 5.68. The fraction of sp³-hybridized carbons (Fsp3) is 0.769. The highest BCUT2D eigenvalue weighted by Crippen LogP contribution is 2.31. The molecule has 1 aromatic rings. The predicted molar refractivity (Wildman–Crippen MR) is 71.0 cm³/mol. The van der Waals surface area contributed by atoms with Gasteiger partial charge in [0, 0.05) is 31.4 Å². The Hall–Kier alpha value is -0.910. The Morgan fingerprint density at radius 1 is 1.61 bits per heavy atom. The Morgan fingerprint density at radius 2 is 2.28 bits per heavy atom. The van der Waals surface area contributed by atoms with E-state index in [1.165, 1.54) is 0 Å². The Kier molecular flexibility index (Phi) is 4.04. The second-order valence-electron chi connectivity index (χ2n) is 5.68. The van der Waals surface area contributed by atoms with E-state index < -0.39 is 0 Å². The number of aliphatic hydroxyl groups excluding tert-OH is 1. The summed E-state index contributed by atoms with van der Waals surface area (Å²) in [5.41, 5.74) is 7.28. The maximum atomic E-state index is 9.34. The van der Waals surface area contributed by atoms with E-state index >= 15 is 0 Å². The number of aromatic nitrogens is 2. The van der Waals surface area contributed by atoms with Crippen molar-refractivity contribution < 1.29 is 5.11 Å². The van der Waals surface area contributed by atoms with Crippen molar-refractivity contribution in [2.75, 3.05) is 13.6 Å². The highest BCUT2D eigenvalue weighted by atomic mass is 16.3. The number of hydrogen-bond acceptors (Lipinski definition) is 4. The van der Waals surface area contributed by atoms with Crippen LogP contribution in [0.1, 0.15) is 31.4 Å². The largest absolute Gasteiger partial charge is 0.393 e.